The Labute approximate surface area is 126 Å². The second kappa shape index (κ2) is 6.48. The van der Waals surface area contributed by atoms with Crippen molar-refractivity contribution in [2.45, 2.75) is 57.6 Å². The molecule has 114 valence electrons. The monoisotopic (exact) mass is 288 g/mol. The van der Waals surface area contributed by atoms with E-state index in [0.29, 0.717) is 6.10 Å². The number of ether oxygens (including phenoxy) is 1. The van der Waals surface area contributed by atoms with Gasteiger partial charge >= 0.3 is 0 Å². The third-order valence-electron chi connectivity index (χ3n) is 4.31. The van der Waals surface area contributed by atoms with Crippen molar-refractivity contribution in [3.8, 4) is 5.75 Å². The van der Waals surface area contributed by atoms with Crippen molar-refractivity contribution in [1.82, 2.24) is 5.32 Å². The molecule has 2 N–H and O–H groups in total. The Kier molecular flexibility index (Phi) is 4.44. The van der Waals surface area contributed by atoms with Crippen LogP contribution in [0.15, 0.2) is 18.2 Å². The SMILES string of the molecule is CCCNC1C(=O)Nc2cc(OC3CCCCC3)ccc21. The number of nitrogens with one attached hydrogen (secondary N) is 2. The average Bonchev–Trinajstić information content (AvgIpc) is 2.81. The molecule has 1 aliphatic heterocycles. The number of rotatable bonds is 5. The van der Waals surface area contributed by atoms with E-state index in [2.05, 4.69) is 17.6 Å². The minimum atomic E-state index is -0.219. The van der Waals surface area contributed by atoms with Crippen LogP contribution in [0.5, 0.6) is 5.75 Å². The third kappa shape index (κ3) is 3.21. The lowest BCUT2D eigenvalue weighted by molar-refractivity contribution is -0.117. The van der Waals surface area contributed by atoms with E-state index >= 15 is 0 Å². The fourth-order valence-electron chi connectivity index (χ4n) is 3.18. The number of hydrogen-bond acceptors (Lipinski definition) is 3. The van der Waals surface area contributed by atoms with E-state index in [0.717, 1.165) is 42.8 Å². The summed E-state index contributed by atoms with van der Waals surface area (Å²) in [5.41, 5.74) is 1.92. The maximum atomic E-state index is 12.0. The van der Waals surface area contributed by atoms with E-state index in [1.807, 2.05) is 18.2 Å². The highest BCUT2D eigenvalue weighted by molar-refractivity contribution is 6.02. The quantitative estimate of drug-likeness (QED) is 0.873. The van der Waals surface area contributed by atoms with Crippen LogP contribution in [0.25, 0.3) is 0 Å². The van der Waals surface area contributed by atoms with Gasteiger partial charge in [0.25, 0.3) is 0 Å². The van der Waals surface area contributed by atoms with Gasteiger partial charge in [-0.05, 0) is 44.7 Å². The molecule has 1 fully saturated rings. The Morgan fingerprint density at radius 2 is 2.10 bits per heavy atom. The number of amides is 1. The summed E-state index contributed by atoms with van der Waals surface area (Å²) in [5, 5.41) is 6.24. The summed E-state index contributed by atoms with van der Waals surface area (Å²) in [7, 11) is 0. The van der Waals surface area contributed by atoms with Crippen molar-refractivity contribution in [1.29, 1.82) is 0 Å². The zero-order chi connectivity index (χ0) is 14.7. The molecule has 0 saturated heterocycles. The molecular weight excluding hydrogens is 264 g/mol. The summed E-state index contributed by atoms with van der Waals surface area (Å²) in [4.78, 5) is 12.0. The van der Waals surface area contributed by atoms with Crippen molar-refractivity contribution >= 4 is 11.6 Å². The summed E-state index contributed by atoms with van der Waals surface area (Å²) in [6.45, 7) is 2.94. The van der Waals surface area contributed by atoms with Crippen LogP contribution in [0.4, 0.5) is 5.69 Å². The van der Waals surface area contributed by atoms with E-state index in [1.54, 1.807) is 0 Å². The Bertz CT molecular complexity index is 510. The minimum absolute atomic E-state index is 0.0354. The first-order valence-corrected chi connectivity index (χ1v) is 8.13. The molecule has 1 atom stereocenters. The van der Waals surface area contributed by atoms with Crippen LogP contribution in [0.3, 0.4) is 0 Å². The summed E-state index contributed by atoms with van der Waals surface area (Å²) >= 11 is 0. The largest absolute Gasteiger partial charge is 0.490 e. The zero-order valence-corrected chi connectivity index (χ0v) is 12.7. The molecule has 1 aromatic rings. The molecule has 1 heterocycles. The first kappa shape index (κ1) is 14.4. The van der Waals surface area contributed by atoms with Crippen molar-refractivity contribution < 1.29 is 9.53 Å². The molecule has 1 aromatic carbocycles. The van der Waals surface area contributed by atoms with Gasteiger partial charge in [-0.25, -0.2) is 0 Å². The normalized spacial score (nSPS) is 22.0. The Morgan fingerprint density at radius 3 is 2.86 bits per heavy atom. The van der Waals surface area contributed by atoms with Gasteiger partial charge in [-0.15, -0.1) is 0 Å². The molecule has 1 aliphatic carbocycles. The third-order valence-corrected chi connectivity index (χ3v) is 4.31. The second-order valence-corrected chi connectivity index (χ2v) is 6.00. The van der Waals surface area contributed by atoms with Gasteiger partial charge < -0.3 is 15.4 Å². The molecule has 1 amide bonds. The lowest BCUT2D eigenvalue weighted by Gasteiger charge is -2.23. The van der Waals surface area contributed by atoms with Gasteiger partial charge in [-0.3, -0.25) is 4.79 Å². The van der Waals surface area contributed by atoms with Gasteiger partial charge in [0.1, 0.15) is 11.8 Å². The van der Waals surface area contributed by atoms with Crippen LogP contribution >= 0.6 is 0 Å². The van der Waals surface area contributed by atoms with Crippen molar-refractivity contribution in [3.05, 3.63) is 23.8 Å². The molecule has 0 bridgehead atoms. The number of anilines is 1. The molecule has 2 aliphatic rings. The smallest absolute Gasteiger partial charge is 0.246 e. The maximum Gasteiger partial charge on any atom is 0.246 e. The maximum absolute atomic E-state index is 12.0. The van der Waals surface area contributed by atoms with Gasteiger partial charge in [0.2, 0.25) is 5.91 Å². The molecule has 1 saturated carbocycles. The van der Waals surface area contributed by atoms with E-state index in [4.69, 9.17) is 4.74 Å². The van der Waals surface area contributed by atoms with Gasteiger partial charge in [-0.1, -0.05) is 19.4 Å². The molecular formula is C17H24N2O2. The molecule has 21 heavy (non-hydrogen) atoms. The summed E-state index contributed by atoms with van der Waals surface area (Å²) in [6, 6.07) is 5.76. The number of carbonyl (C=O) groups is 1. The average molecular weight is 288 g/mol. The van der Waals surface area contributed by atoms with Crippen molar-refractivity contribution in [2.75, 3.05) is 11.9 Å². The Balaban J connectivity index is 1.70. The van der Waals surface area contributed by atoms with Crippen LogP contribution < -0.4 is 15.4 Å². The van der Waals surface area contributed by atoms with Crippen LogP contribution in [0.2, 0.25) is 0 Å². The van der Waals surface area contributed by atoms with Gasteiger partial charge in [0, 0.05) is 17.3 Å². The molecule has 0 spiro atoms. The van der Waals surface area contributed by atoms with Crippen LogP contribution in [-0.4, -0.2) is 18.6 Å². The highest BCUT2D eigenvalue weighted by atomic mass is 16.5. The predicted molar refractivity (Wildman–Crippen MR) is 83.6 cm³/mol. The van der Waals surface area contributed by atoms with Gasteiger partial charge in [-0.2, -0.15) is 0 Å². The van der Waals surface area contributed by atoms with E-state index in [-0.39, 0.29) is 11.9 Å². The number of benzene rings is 1. The number of hydrogen-bond donors (Lipinski definition) is 2. The first-order valence-electron chi connectivity index (χ1n) is 8.13. The Morgan fingerprint density at radius 1 is 1.29 bits per heavy atom. The summed E-state index contributed by atoms with van der Waals surface area (Å²) < 4.78 is 6.06. The molecule has 4 heteroatoms. The van der Waals surface area contributed by atoms with Crippen LogP contribution in [0.1, 0.15) is 57.1 Å². The number of fused-ring (bicyclic) bond motifs is 1. The first-order chi connectivity index (χ1) is 10.3. The lowest BCUT2D eigenvalue weighted by atomic mass is 9.98. The molecule has 0 aromatic heterocycles. The van der Waals surface area contributed by atoms with E-state index < -0.39 is 0 Å². The Hall–Kier alpha value is -1.55. The fourth-order valence-corrected chi connectivity index (χ4v) is 3.18. The van der Waals surface area contributed by atoms with Gasteiger partial charge in [0.05, 0.1) is 6.10 Å². The lowest BCUT2D eigenvalue weighted by Crippen LogP contribution is -2.27. The highest BCUT2D eigenvalue weighted by Gasteiger charge is 2.30. The van der Waals surface area contributed by atoms with Gasteiger partial charge in [0.15, 0.2) is 0 Å². The summed E-state index contributed by atoms with van der Waals surface area (Å²) in [5.74, 6) is 0.908. The molecule has 0 radical (unpaired) electrons. The molecule has 4 nitrogen and oxygen atoms in total. The standard InChI is InChI=1S/C17H24N2O2/c1-2-10-18-16-14-9-8-13(11-15(14)19-17(16)20)21-12-6-4-3-5-7-12/h8-9,11-12,16,18H,2-7,10H2,1H3,(H,19,20). The topological polar surface area (TPSA) is 50.4 Å². The zero-order valence-electron chi connectivity index (χ0n) is 12.7. The second-order valence-electron chi connectivity index (χ2n) is 6.00. The number of carbonyl (C=O) groups excluding carboxylic acids is 1. The van der Waals surface area contributed by atoms with Crippen molar-refractivity contribution in [2.24, 2.45) is 0 Å². The minimum Gasteiger partial charge on any atom is -0.490 e. The van der Waals surface area contributed by atoms with Crippen LogP contribution in [0, 0.1) is 0 Å². The molecule has 3 rings (SSSR count). The van der Waals surface area contributed by atoms with Crippen LogP contribution in [-0.2, 0) is 4.79 Å². The highest BCUT2D eigenvalue weighted by Crippen LogP contribution is 2.34. The van der Waals surface area contributed by atoms with E-state index in [1.165, 1.54) is 19.3 Å². The predicted octanol–water partition coefficient (Wildman–Crippen LogP) is 3.39. The summed E-state index contributed by atoms with van der Waals surface area (Å²) in [6.07, 6.45) is 7.48. The molecule has 1 unspecified atom stereocenters. The van der Waals surface area contributed by atoms with E-state index in [9.17, 15) is 4.79 Å². The van der Waals surface area contributed by atoms with Crippen molar-refractivity contribution in [3.63, 3.8) is 0 Å². The fraction of sp³-hybridized carbons (Fsp3) is 0.588.